The molecule has 2 heterocycles. The Kier molecular flexibility index (Phi) is 3.18. The summed E-state index contributed by atoms with van der Waals surface area (Å²) in [6.45, 7) is 3.85. The zero-order valence-corrected chi connectivity index (χ0v) is 10.7. The van der Waals surface area contributed by atoms with Crippen molar-refractivity contribution in [3.8, 4) is 0 Å². The van der Waals surface area contributed by atoms with Crippen molar-refractivity contribution in [3.63, 3.8) is 0 Å². The summed E-state index contributed by atoms with van der Waals surface area (Å²) in [5, 5.41) is 2.58. The van der Waals surface area contributed by atoms with E-state index in [9.17, 15) is 4.79 Å². The number of nitrogens with zero attached hydrogens (tertiary/aromatic N) is 1. The van der Waals surface area contributed by atoms with Crippen molar-refractivity contribution in [2.24, 2.45) is 5.73 Å². The molecule has 0 saturated heterocycles. The molecule has 0 fully saturated rings. The second-order valence-electron chi connectivity index (χ2n) is 3.60. The lowest BCUT2D eigenvalue weighted by molar-refractivity contribution is 0.103. The van der Waals surface area contributed by atoms with Gasteiger partial charge >= 0.3 is 0 Å². The molecular weight excluding hydrogens is 240 g/mol. The van der Waals surface area contributed by atoms with Crippen LogP contribution < -0.4 is 5.73 Å². The lowest BCUT2D eigenvalue weighted by atomic mass is 10.2. The fourth-order valence-corrected chi connectivity index (χ4v) is 2.86. The second kappa shape index (κ2) is 4.45. The maximum absolute atomic E-state index is 12.0. The molecule has 2 aromatic rings. The van der Waals surface area contributed by atoms with Gasteiger partial charge in [-0.1, -0.05) is 0 Å². The Hall–Kier alpha value is -1.04. The highest BCUT2D eigenvalue weighted by atomic mass is 32.1. The molecule has 0 aliphatic rings. The van der Waals surface area contributed by atoms with Gasteiger partial charge in [0.2, 0.25) is 5.78 Å². The Morgan fingerprint density at radius 2 is 2.25 bits per heavy atom. The minimum absolute atomic E-state index is 0.0127. The minimum Gasteiger partial charge on any atom is -0.322 e. The number of hydrogen-bond donors (Lipinski definition) is 1. The van der Waals surface area contributed by atoms with E-state index < -0.39 is 0 Å². The van der Waals surface area contributed by atoms with Crippen LogP contribution in [0, 0.1) is 6.92 Å². The monoisotopic (exact) mass is 252 g/mol. The quantitative estimate of drug-likeness (QED) is 0.855. The van der Waals surface area contributed by atoms with Crippen LogP contribution in [0.5, 0.6) is 0 Å². The number of carbonyl (C=O) groups is 1. The first kappa shape index (κ1) is 11.4. The summed E-state index contributed by atoms with van der Waals surface area (Å²) in [5.41, 5.74) is 6.21. The van der Waals surface area contributed by atoms with Crippen molar-refractivity contribution < 1.29 is 4.79 Å². The fraction of sp³-hybridized carbons (Fsp3) is 0.273. The molecule has 16 heavy (non-hydrogen) atoms. The van der Waals surface area contributed by atoms with Gasteiger partial charge in [-0.15, -0.1) is 22.7 Å². The van der Waals surface area contributed by atoms with E-state index in [1.807, 2.05) is 26.0 Å². The number of hydrogen-bond acceptors (Lipinski definition) is 5. The maximum atomic E-state index is 12.0. The van der Waals surface area contributed by atoms with Crippen molar-refractivity contribution >= 4 is 28.5 Å². The average molecular weight is 252 g/mol. The van der Waals surface area contributed by atoms with Crippen LogP contribution in [0.2, 0.25) is 0 Å². The van der Waals surface area contributed by atoms with Crippen molar-refractivity contribution in [2.75, 3.05) is 0 Å². The van der Waals surface area contributed by atoms with E-state index in [4.69, 9.17) is 5.73 Å². The number of carbonyl (C=O) groups excluding carboxylic acids is 1. The molecule has 0 aliphatic heterocycles. The van der Waals surface area contributed by atoms with E-state index in [0.717, 1.165) is 14.8 Å². The van der Waals surface area contributed by atoms with Crippen molar-refractivity contribution in [1.29, 1.82) is 0 Å². The van der Waals surface area contributed by atoms with Crippen molar-refractivity contribution in [2.45, 2.75) is 19.9 Å². The molecule has 0 radical (unpaired) electrons. The summed E-state index contributed by atoms with van der Waals surface area (Å²) in [6, 6.07) is 3.67. The van der Waals surface area contributed by atoms with Gasteiger partial charge in [0.15, 0.2) is 0 Å². The van der Waals surface area contributed by atoms with Crippen LogP contribution >= 0.6 is 22.7 Å². The number of thiazole rings is 1. The van der Waals surface area contributed by atoms with Gasteiger partial charge in [0.05, 0.1) is 10.9 Å². The molecule has 0 amide bonds. The molecule has 2 rings (SSSR count). The molecule has 2 aromatic heterocycles. The Balaban J connectivity index is 2.27. The molecule has 1 unspecified atom stereocenters. The average Bonchev–Trinajstić information content (AvgIpc) is 2.84. The van der Waals surface area contributed by atoms with Gasteiger partial charge in [-0.2, -0.15) is 0 Å². The summed E-state index contributed by atoms with van der Waals surface area (Å²) in [4.78, 5) is 18.1. The Labute approximate surface area is 102 Å². The Bertz CT molecular complexity index is 514. The topological polar surface area (TPSA) is 56.0 Å². The van der Waals surface area contributed by atoms with Gasteiger partial charge in [-0.3, -0.25) is 4.79 Å². The van der Waals surface area contributed by atoms with Crippen LogP contribution in [0.1, 0.15) is 38.2 Å². The van der Waals surface area contributed by atoms with Crippen LogP contribution in [0.25, 0.3) is 0 Å². The Morgan fingerprint density at radius 3 is 2.75 bits per heavy atom. The summed E-state index contributed by atoms with van der Waals surface area (Å²) < 4.78 is 0. The number of nitrogens with two attached hydrogens (primary N) is 1. The third-order valence-electron chi connectivity index (χ3n) is 2.11. The molecule has 0 spiro atoms. The van der Waals surface area contributed by atoms with Crippen molar-refractivity contribution in [1.82, 2.24) is 4.98 Å². The van der Waals surface area contributed by atoms with E-state index in [-0.39, 0.29) is 11.8 Å². The second-order valence-corrected chi connectivity index (χ2v) is 5.78. The minimum atomic E-state index is -0.114. The highest BCUT2D eigenvalue weighted by Crippen LogP contribution is 2.22. The number of aromatic nitrogens is 1. The predicted molar refractivity (Wildman–Crippen MR) is 67.2 cm³/mol. The van der Waals surface area contributed by atoms with Crippen molar-refractivity contribution in [3.05, 3.63) is 38.0 Å². The fourth-order valence-electron chi connectivity index (χ4n) is 1.28. The molecule has 0 saturated carbocycles. The molecule has 0 aliphatic carbocycles. The molecule has 3 nitrogen and oxygen atoms in total. The number of aryl methyl sites for hydroxylation is 1. The first-order valence-electron chi connectivity index (χ1n) is 4.90. The third kappa shape index (κ3) is 2.21. The lowest BCUT2D eigenvalue weighted by Gasteiger charge is -1.96. The van der Waals surface area contributed by atoms with Crippen LogP contribution in [-0.4, -0.2) is 10.8 Å². The molecule has 2 N–H and O–H groups in total. The standard InChI is InChI=1S/C11H12N2OS2/c1-6-3-4-9(16-6)10(14)8-5-15-11(13-8)7(2)12/h3-5,7H,12H2,1-2H3. The Morgan fingerprint density at radius 1 is 1.50 bits per heavy atom. The zero-order valence-electron chi connectivity index (χ0n) is 9.06. The zero-order chi connectivity index (χ0) is 11.7. The normalized spacial score (nSPS) is 12.7. The number of rotatable bonds is 3. The highest BCUT2D eigenvalue weighted by molar-refractivity contribution is 7.14. The van der Waals surface area contributed by atoms with Crippen LogP contribution in [0.15, 0.2) is 17.5 Å². The molecule has 5 heteroatoms. The summed E-state index contributed by atoms with van der Waals surface area (Å²) in [5.74, 6) is -0.0127. The molecule has 0 aromatic carbocycles. The van der Waals surface area contributed by atoms with E-state index in [0.29, 0.717) is 5.69 Å². The SMILES string of the molecule is Cc1ccc(C(=O)c2csc(C(C)N)n2)s1. The van der Waals surface area contributed by atoms with Crippen LogP contribution in [0.4, 0.5) is 0 Å². The third-order valence-corrected chi connectivity index (χ3v) is 4.15. The number of thiophene rings is 1. The maximum Gasteiger partial charge on any atom is 0.222 e. The summed E-state index contributed by atoms with van der Waals surface area (Å²) in [6.07, 6.45) is 0. The molecule has 84 valence electrons. The first-order chi connectivity index (χ1) is 7.58. The summed E-state index contributed by atoms with van der Waals surface area (Å²) >= 11 is 2.93. The largest absolute Gasteiger partial charge is 0.322 e. The summed E-state index contributed by atoms with van der Waals surface area (Å²) in [7, 11) is 0. The van der Waals surface area contributed by atoms with Gasteiger partial charge in [0.1, 0.15) is 10.7 Å². The van der Waals surface area contributed by atoms with E-state index in [1.165, 1.54) is 22.7 Å². The molecular formula is C11H12N2OS2. The van der Waals surface area contributed by atoms with Gasteiger partial charge in [0.25, 0.3) is 0 Å². The lowest BCUT2D eigenvalue weighted by Crippen LogP contribution is -2.06. The smallest absolute Gasteiger partial charge is 0.222 e. The number of ketones is 1. The molecule has 0 bridgehead atoms. The molecule has 1 atom stereocenters. The first-order valence-corrected chi connectivity index (χ1v) is 6.59. The van der Waals surface area contributed by atoms with Crippen LogP contribution in [0.3, 0.4) is 0 Å². The van der Waals surface area contributed by atoms with Gasteiger partial charge in [-0.25, -0.2) is 4.98 Å². The van der Waals surface area contributed by atoms with E-state index >= 15 is 0 Å². The van der Waals surface area contributed by atoms with Crippen LogP contribution in [-0.2, 0) is 0 Å². The van der Waals surface area contributed by atoms with E-state index in [2.05, 4.69) is 4.98 Å². The van der Waals surface area contributed by atoms with Gasteiger partial charge in [0, 0.05) is 10.3 Å². The van der Waals surface area contributed by atoms with E-state index in [1.54, 1.807) is 5.38 Å². The predicted octanol–water partition coefficient (Wildman–Crippen LogP) is 2.76. The van der Waals surface area contributed by atoms with Gasteiger partial charge < -0.3 is 5.73 Å². The highest BCUT2D eigenvalue weighted by Gasteiger charge is 2.15. The van der Waals surface area contributed by atoms with Gasteiger partial charge in [-0.05, 0) is 26.0 Å².